The summed E-state index contributed by atoms with van der Waals surface area (Å²) >= 11 is 7.01. The second kappa shape index (κ2) is 65.1. The number of aliphatic imine (C=N–C) groups is 1. The van der Waals surface area contributed by atoms with Crippen molar-refractivity contribution in [3.05, 3.63) is 175 Å². The molecule has 1 aliphatic carbocycles. The van der Waals surface area contributed by atoms with Gasteiger partial charge in [-0.25, -0.2) is 31.1 Å². The van der Waals surface area contributed by atoms with Gasteiger partial charge in [0.25, 0.3) is 26.3 Å². The van der Waals surface area contributed by atoms with Gasteiger partial charge in [-0.2, -0.15) is 23.7 Å². The molecule has 3 atom stereocenters. The Hall–Kier alpha value is -11.6. The van der Waals surface area contributed by atoms with Crippen molar-refractivity contribution in [3.63, 3.8) is 0 Å². The number of hydrogen-bond acceptors (Lipinski definition) is 23. The molecule has 4 heterocycles. The zero-order valence-electron chi connectivity index (χ0n) is 72.2. The zero-order valence-corrected chi connectivity index (χ0v) is 75.4. The van der Waals surface area contributed by atoms with Gasteiger partial charge in [0.1, 0.15) is 30.0 Å². The summed E-state index contributed by atoms with van der Waals surface area (Å²) in [7, 11) is 6.62. The lowest BCUT2D eigenvalue weighted by Crippen LogP contribution is -2.45. The van der Waals surface area contributed by atoms with Gasteiger partial charge in [0.2, 0.25) is 23.6 Å². The maximum atomic E-state index is 13.7. The number of quaternary nitrogens is 1. The molecule has 15 N–H and O–H groups in total. The average molecular weight is 1930 g/mol. The van der Waals surface area contributed by atoms with E-state index in [2.05, 4.69) is 99.0 Å². The maximum absolute atomic E-state index is 13.7. The number of aryl methyl sites for hydroxylation is 1. The number of methoxy groups -OCH3 is 1. The third-order valence-corrected chi connectivity index (χ3v) is 20.1. The summed E-state index contributed by atoms with van der Waals surface area (Å²) in [6.07, 6.45) is 8.80. The van der Waals surface area contributed by atoms with Gasteiger partial charge in [0.05, 0.1) is 63.7 Å². The number of aromatic nitrogens is 4. The number of aliphatic hydroxyl groups excluding tert-OH is 1. The molecule has 6 aromatic rings. The second-order valence-electron chi connectivity index (χ2n) is 28.9. The summed E-state index contributed by atoms with van der Waals surface area (Å²) in [5.41, 5.74) is 26.1. The van der Waals surface area contributed by atoms with Crippen LogP contribution in [0.5, 0.6) is 11.5 Å². The van der Waals surface area contributed by atoms with Crippen LogP contribution in [0, 0.1) is 50.3 Å². The minimum atomic E-state index is -4.64. The number of halogens is 8. The Kier molecular flexibility index (Phi) is 61.3. The van der Waals surface area contributed by atoms with Crippen LogP contribution in [0.4, 0.5) is 35.9 Å². The van der Waals surface area contributed by atoms with Gasteiger partial charge in [-0.05, 0) is 146 Å². The smallest absolute Gasteiger partial charge is 0.451 e. The number of carbonyl (C=O) groups is 6. The number of imide groups is 1. The van der Waals surface area contributed by atoms with E-state index in [4.69, 9.17) is 54.3 Å². The number of aliphatic hydroxyl groups is 1. The van der Waals surface area contributed by atoms with Crippen molar-refractivity contribution in [3.8, 4) is 23.3 Å². The third kappa shape index (κ3) is 51.0. The van der Waals surface area contributed by atoms with Gasteiger partial charge in [0.15, 0.2) is 23.4 Å². The number of ether oxygens (including phenoxy) is 2. The number of pyridine rings is 1. The molecular weight excluding hydrogens is 1790 g/mol. The highest BCUT2D eigenvalue weighted by atomic mass is 35.5. The normalized spacial score (nSPS) is 13.5. The molecule has 2 aliphatic heterocycles. The number of guanidine groups is 2. The van der Waals surface area contributed by atoms with Gasteiger partial charge in [-0.3, -0.25) is 34.9 Å². The predicted molar refractivity (Wildman–Crippen MR) is 490 cm³/mol. The van der Waals surface area contributed by atoms with Gasteiger partial charge >= 0.3 is 12.2 Å². The van der Waals surface area contributed by atoms with Crippen LogP contribution in [0.1, 0.15) is 180 Å². The summed E-state index contributed by atoms with van der Waals surface area (Å²) in [5.74, 6) is 4.04. The van der Waals surface area contributed by atoms with Crippen LogP contribution >= 0.6 is 35.8 Å². The molecule has 37 nitrogen and oxygen atoms in total. The van der Waals surface area contributed by atoms with Crippen molar-refractivity contribution >= 4 is 92.7 Å². The van der Waals surface area contributed by atoms with Crippen LogP contribution in [0.25, 0.3) is 0 Å². The molecular formula is C83H130Cl2F6N22O15S2. The number of carbonyl (C=O) groups excluding carboxylic acids is 6. The molecule has 0 bridgehead atoms. The fourth-order valence-corrected chi connectivity index (χ4v) is 13.2. The fraction of sp³-hybridized carbons (Fsp3) is 0.506. The molecule has 0 spiro atoms. The Labute approximate surface area is 774 Å². The standard InChI is InChI=1S/C23H28ClN3O5S.C19H20N2O3S.C16H15F6N5O.2C7H15NO3.C4H11N5.C4H6.3CH4.ClH.H3N5.2H2/c1-32-21-12-9-17(24)15-20(21)22(28)25-14-13-16-7-10-19(11-8-16)33(30,31)27-23(29)26-18-5-3-2-4-6-18;1-2-13-3-6-15(20-12-13)9-10-24-16-7-4-14(5-8-16)11-17-18(22)21-19(23)25-17;17-10-6-12(19)11(18)4-8(10)3-9(23)5-14(28)26-1-2-27-13(7-26)24-25-15(27)16(20,21)22;1-8(2,3)5-6(9)4-7(10)11;1-2-3-4-5-6-7-11-8(9)10;1-9(2)4(7)8-3(5)6;1-3-4-2;;;;;1-3-5-4-2;;/h7-12,15,18H,2-6,13-14H2,1H3,(H,25,28)(H2,26,27,29);3-8,12,17H,2,9-11H2,1H3,(H,21,22,23);4,6,9H,1-3,5,7,23H2;6,9H,4-5H2,1-3H3;2-7H2,1H3;1-2H3,(H5,5,6,7,8);1-2H3;3*1H4;1H;(H3,1,2,5);2*1H/t;;9-;6-;;;;;;;;;;/m..11........../s1. The number of rotatable bonds is 31. The second-order valence-corrected chi connectivity index (χ2v) is 32.2. The number of nitrogens with zero attached hydrogens (tertiary/aromatic N) is 12. The number of aliphatic carboxylic acids is 1. The lowest BCUT2D eigenvalue weighted by Gasteiger charge is -2.29. The molecule has 2 fully saturated rings. The Morgan fingerprint density at radius 2 is 1.48 bits per heavy atom. The van der Waals surface area contributed by atoms with Crippen molar-refractivity contribution in [1.82, 2.24) is 50.2 Å². The Bertz CT molecular complexity index is 4690. The van der Waals surface area contributed by atoms with Gasteiger partial charge in [-0.1, -0.05) is 140 Å². The molecule has 1 saturated heterocycles. The number of likely N-dealkylation sites (N-methyl/N-ethyl adjacent to an activating group) is 1. The first-order chi connectivity index (χ1) is 59.4. The number of alkyl halides is 3. The molecule has 6 amide bonds. The number of amides is 6. The first-order valence-electron chi connectivity index (χ1n) is 39.4. The van der Waals surface area contributed by atoms with E-state index in [0.717, 1.165) is 103 Å². The molecule has 1 unspecified atom stereocenters. The van der Waals surface area contributed by atoms with Crippen LogP contribution in [-0.4, -0.2) is 198 Å². The highest BCUT2D eigenvalue weighted by molar-refractivity contribution is 8.15. The number of nitrogens with two attached hydrogens (primary N) is 4. The SMILES string of the molecule is C.C.C.CC#CC.CCCCCCCO[N+](=O)[O-].CCc1ccc(CCOc2ccc(CC3SC(=O)NC3=O)cc2)nc1.CN(C)C(N)=NC(=N)N.COc1ccc(Cl)cc1C(=O)NCCc1ccc(S(=O)(=O)NC(=O)NC2CCCCC2)cc1.C[N+](C)(C)C[C@H](O)CC(=O)[O-].Cl.N=N/N=N/N.N[C@@H](CC(=O)N1CCn2c(nnc2C(F)(F)F)C1)Cc1cc(F)c(F)cc1F.[HH].[HH]. The number of hydrogen-bond donors (Lipinski definition) is 11. The van der Waals surface area contributed by atoms with Crippen molar-refractivity contribution in [2.75, 3.05) is 75.2 Å². The number of thioether (sulfide) groups is 1. The van der Waals surface area contributed by atoms with Gasteiger partial charge in [0, 0.05) is 96.9 Å². The molecule has 730 valence electrons. The van der Waals surface area contributed by atoms with Crippen molar-refractivity contribution in [1.29, 1.82) is 10.9 Å². The van der Waals surface area contributed by atoms with Crippen LogP contribution in [0.2, 0.25) is 5.02 Å². The van der Waals surface area contributed by atoms with E-state index in [0.29, 0.717) is 65.5 Å². The van der Waals surface area contributed by atoms with E-state index in [9.17, 15) is 78.7 Å². The number of urea groups is 1. The molecule has 9 rings (SSSR count). The molecule has 0 radical (unpaired) electrons. The van der Waals surface area contributed by atoms with Crippen LogP contribution in [0.3, 0.4) is 0 Å². The quantitative estimate of drug-likeness (QED) is 0.00165. The number of sulfonamides is 1. The first kappa shape index (κ1) is 123. The van der Waals surface area contributed by atoms with Crippen molar-refractivity contribution in [2.45, 2.75) is 207 Å². The molecule has 47 heteroatoms. The predicted octanol–water partition coefficient (Wildman–Crippen LogP) is 12.0. The van der Waals surface area contributed by atoms with Gasteiger partial charge < -0.3 is 81.8 Å². The Balaban J connectivity index is -0.000000499. The average Bonchev–Trinajstić information content (AvgIpc) is 1.64. The van der Waals surface area contributed by atoms with Gasteiger partial charge in [-0.15, -0.1) is 44.6 Å². The van der Waals surface area contributed by atoms with E-state index >= 15 is 0 Å². The monoisotopic (exact) mass is 1920 g/mol. The van der Waals surface area contributed by atoms with Crippen molar-refractivity contribution < 1.29 is 100 Å². The number of carboxylic acids is 1. The largest absolute Gasteiger partial charge is 0.550 e. The molecule has 4 aromatic carbocycles. The summed E-state index contributed by atoms with van der Waals surface area (Å²) in [6, 6.07) is 22.3. The number of unbranched alkanes of at least 4 members (excludes halogenated alkanes) is 4. The lowest BCUT2D eigenvalue weighted by atomic mass is 9.96. The molecule has 3 aliphatic rings. The van der Waals surface area contributed by atoms with Crippen LogP contribution in [0.15, 0.2) is 123 Å². The van der Waals surface area contributed by atoms with E-state index in [1.807, 2.05) is 71.5 Å². The highest BCUT2D eigenvalue weighted by Gasteiger charge is 2.40. The number of nitrogens with one attached hydrogen (secondary N) is 6. The summed E-state index contributed by atoms with van der Waals surface area (Å²) in [6.45, 7) is 9.15. The van der Waals surface area contributed by atoms with Crippen LogP contribution < -0.4 is 58.3 Å². The number of fused-ring (bicyclic) bond motifs is 1. The zero-order chi connectivity index (χ0) is 94.7. The van der Waals surface area contributed by atoms with E-state index < -0.39 is 74.6 Å². The Morgan fingerprint density at radius 3 is 1.99 bits per heavy atom. The van der Waals surface area contributed by atoms with Crippen molar-refractivity contribution in [2.24, 2.45) is 43.7 Å². The molecule has 2 aromatic heterocycles. The highest BCUT2D eigenvalue weighted by Crippen LogP contribution is 2.31. The minimum Gasteiger partial charge on any atom is -0.550 e. The molecule has 1 saturated carbocycles. The fourth-order valence-electron chi connectivity index (χ4n) is 11.3. The summed E-state index contributed by atoms with van der Waals surface area (Å²) < 4.78 is 118. The first-order valence-corrected chi connectivity index (χ1v) is 42.2. The maximum Gasteiger partial charge on any atom is 0.451 e. The topological polar surface area (TPSA) is 550 Å². The van der Waals surface area contributed by atoms with E-state index in [1.54, 1.807) is 43.3 Å². The van der Waals surface area contributed by atoms with Crippen LogP contribution in [-0.2, 0) is 80.6 Å². The van der Waals surface area contributed by atoms with E-state index in [1.165, 1.54) is 48.6 Å². The summed E-state index contributed by atoms with van der Waals surface area (Å²) in [5, 5.41) is 56.8. The minimum absolute atomic E-state index is 0. The number of carboxylic acid groups (broad SMARTS) is 1. The Morgan fingerprint density at radius 1 is 0.869 bits per heavy atom. The molecule has 130 heavy (non-hydrogen) atoms. The summed E-state index contributed by atoms with van der Waals surface area (Å²) in [4.78, 5) is 94.2. The lowest BCUT2D eigenvalue weighted by molar-refractivity contribution is -0.873. The van der Waals surface area contributed by atoms with E-state index in [-0.39, 0.29) is 140 Å². The third-order valence-electron chi connectivity index (χ3n) is 17.6. The number of benzene rings is 4.